The monoisotopic (exact) mass is 536 g/mol. The summed E-state index contributed by atoms with van der Waals surface area (Å²) in [6, 6.07) is 11.5. The molecule has 1 atom stereocenters. The van der Waals surface area contributed by atoms with Crippen LogP contribution in [0.25, 0.3) is 0 Å². The Morgan fingerprint density at radius 3 is 2.46 bits per heavy atom. The topological polar surface area (TPSA) is 74.3 Å². The molecule has 212 valence electrons. The Morgan fingerprint density at radius 2 is 1.77 bits per heavy atom. The van der Waals surface area contributed by atoms with Gasteiger partial charge >= 0.3 is 12.1 Å². The van der Waals surface area contributed by atoms with Crippen LogP contribution >= 0.6 is 0 Å². The highest BCUT2D eigenvalue weighted by atomic mass is 16.6. The van der Waals surface area contributed by atoms with E-state index in [0.29, 0.717) is 44.8 Å². The van der Waals surface area contributed by atoms with Crippen LogP contribution in [0.3, 0.4) is 0 Å². The molecule has 1 aromatic heterocycles. The van der Waals surface area contributed by atoms with Crippen LogP contribution in [0.1, 0.15) is 56.9 Å². The largest absolute Gasteiger partial charge is 0.462 e. The molecular weight excluding hydrogens is 492 g/mol. The van der Waals surface area contributed by atoms with Crippen LogP contribution < -0.4 is 9.64 Å². The number of nitrogens with zero attached hydrogens (tertiary/aromatic N) is 6. The first kappa shape index (κ1) is 27.6. The third-order valence-corrected chi connectivity index (χ3v) is 7.88. The lowest BCUT2D eigenvalue weighted by Gasteiger charge is -2.37. The van der Waals surface area contributed by atoms with Gasteiger partial charge in [-0.3, -0.25) is 4.90 Å². The molecule has 2 saturated heterocycles. The van der Waals surface area contributed by atoms with Crippen LogP contribution in [0, 0.1) is 0 Å². The van der Waals surface area contributed by atoms with Gasteiger partial charge in [0, 0.05) is 50.9 Å². The number of anilines is 1. The Morgan fingerprint density at radius 1 is 1.00 bits per heavy atom. The zero-order chi connectivity index (χ0) is 27.4. The Bertz CT molecular complexity index is 1110. The molecule has 3 aliphatic heterocycles. The first-order valence-corrected chi connectivity index (χ1v) is 14.5. The summed E-state index contributed by atoms with van der Waals surface area (Å²) in [4.78, 5) is 31.6. The van der Waals surface area contributed by atoms with Gasteiger partial charge in [0.2, 0.25) is 0 Å². The molecule has 0 aliphatic carbocycles. The number of carbonyl (C=O) groups is 1. The number of aromatic nitrogens is 2. The Labute approximate surface area is 233 Å². The van der Waals surface area contributed by atoms with E-state index in [1.54, 1.807) is 4.90 Å². The fourth-order valence-corrected chi connectivity index (χ4v) is 5.74. The van der Waals surface area contributed by atoms with Gasteiger partial charge in [-0.1, -0.05) is 30.3 Å². The molecule has 1 amide bonds. The Hall–Kier alpha value is -2.91. The van der Waals surface area contributed by atoms with Gasteiger partial charge in [-0.25, -0.2) is 4.79 Å². The van der Waals surface area contributed by atoms with Gasteiger partial charge in [-0.2, -0.15) is 9.97 Å². The maximum atomic E-state index is 12.6. The number of rotatable bonds is 6. The lowest BCUT2D eigenvalue weighted by Crippen LogP contribution is -2.50. The summed E-state index contributed by atoms with van der Waals surface area (Å²) >= 11 is 0. The molecule has 2 aromatic rings. The van der Waals surface area contributed by atoms with E-state index < -0.39 is 5.60 Å². The average molecular weight is 537 g/mol. The number of piperazine rings is 1. The van der Waals surface area contributed by atoms with Crippen LogP contribution in [-0.2, 0) is 24.2 Å². The van der Waals surface area contributed by atoms with Crippen molar-refractivity contribution in [3.8, 4) is 6.01 Å². The zero-order valence-corrected chi connectivity index (χ0v) is 24.1. The van der Waals surface area contributed by atoms with Crippen molar-refractivity contribution in [1.82, 2.24) is 24.7 Å². The van der Waals surface area contributed by atoms with Gasteiger partial charge < -0.3 is 24.2 Å². The number of carbonyl (C=O) groups excluding carboxylic acids is 1. The van der Waals surface area contributed by atoms with E-state index in [1.807, 2.05) is 20.8 Å². The first-order chi connectivity index (χ1) is 18.7. The van der Waals surface area contributed by atoms with Crippen molar-refractivity contribution < 1.29 is 14.3 Å². The molecule has 0 radical (unpaired) electrons. The van der Waals surface area contributed by atoms with Gasteiger partial charge in [0.1, 0.15) is 18.0 Å². The van der Waals surface area contributed by atoms with Crippen molar-refractivity contribution in [2.75, 3.05) is 57.8 Å². The highest BCUT2D eigenvalue weighted by Crippen LogP contribution is 2.30. The second-order valence-corrected chi connectivity index (χ2v) is 12.1. The molecule has 5 rings (SSSR count). The first-order valence-electron chi connectivity index (χ1n) is 14.5. The number of likely N-dealkylation sites (N-methyl/N-ethyl adjacent to an activating group) is 1. The summed E-state index contributed by atoms with van der Waals surface area (Å²) in [5, 5.41) is 0. The third-order valence-electron chi connectivity index (χ3n) is 7.88. The van der Waals surface area contributed by atoms with Crippen molar-refractivity contribution in [3.05, 3.63) is 47.2 Å². The predicted octanol–water partition coefficient (Wildman–Crippen LogP) is 3.96. The van der Waals surface area contributed by atoms with Crippen LogP contribution in [0.5, 0.6) is 6.01 Å². The molecule has 9 heteroatoms. The minimum Gasteiger partial charge on any atom is -0.462 e. The number of amides is 1. The minimum atomic E-state index is -0.497. The van der Waals surface area contributed by atoms with E-state index in [0.717, 1.165) is 57.0 Å². The van der Waals surface area contributed by atoms with Crippen LogP contribution in [0.2, 0.25) is 0 Å². The van der Waals surface area contributed by atoms with E-state index in [1.165, 1.54) is 17.5 Å². The van der Waals surface area contributed by atoms with Gasteiger partial charge in [0.25, 0.3) is 0 Å². The standard InChI is InChI=1S/C30H44N6O3/c1-30(2,3)39-29(37)36-18-16-35(17-19-36)27-25-13-9-15-34(20-23-10-6-5-7-11-23)21-26(25)31-28(32-27)38-22-24-12-8-14-33(24)4/h5-7,10-11,24H,8-9,12-22H2,1-4H3/t24-/m0/s1. The molecule has 4 heterocycles. The highest BCUT2D eigenvalue weighted by Gasteiger charge is 2.30. The fraction of sp³-hybridized carbons (Fsp3) is 0.633. The lowest BCUT2D eigenvalue weighted by molar-refractivity contribution is 0.0240. The average Bonchev–Trinajstić information content (AvgIpc) is 3.21. The molecule has 9 nitrogen and oxygen atoms in total. The maximum Gasteiger partial charge on any atom is 0.410 e. The summed E-state index contributed by atoms with van der Waals surface area (Å²) in [7, 11) is 2.16. The molecule has 0 bridgehead atoms. The minimum absolute atomic E-state index is 0.245. The van der Waals surface area contributed by atoms with Crippen LogP contribution in [-0.4, -0.2) is 95.3 Å². The van der Waals surface area contributed by atoms with Crippen molar-refractivity contribution in [3.63, 3.8) is 0 Å². The van der Waals surface area contributed by atoms with E-state index >= 15 is 0 Å². The number of benzene rings is 1. The van der Waals surface area contributed by atoms with E-state index in [-0.39, 0.29) is 6.09 Å². The van der Waals surface area contributed by atoms with Crippen LogP contribution in [0.15, 0.2) is 30.3 Å². The predicted molar refractivity (Wildman–Crippen MR) is 152 cm³/mol. The maximum absolute atomic E-state index is 12.6. The summed E-state index contributed by atoms with van der Waals surface area (Å²) in [6.07, 6.45) is 4.10. The summed E-state index contributed by atoms with van der Waals surface area (Å²) in [5.74, 6) is 0.972. The molecule has 0 spiro atoms. The molecular formula is C30H44N6O3. The molecule has 39 heavy (non-hydrogen) atoms. The SMILES string of the molecule is CN1CCC[C@H]1COc1nc2c(c(N3CCN(C(=O)OC(C)(C)C)CC3)n1)CCCN(Cc1ccccc1)C2. The van der Waals surface area contributed by atoms with Gasteiger partial charge in [0.15, 0.2) is 0 Å². The van der Waals surface area contributed by atoms with Gasteiger partial charge in [-0.15, -0.1) is 0 Å². The normalized spacial score (nSPS) is 21.0. The number of ether oxygens (including phenoxy) is 2. The summed E-state index contributed by atoms with van der Waals surface area (Å²) in [5.41, 5.74) is 3.11. The highest BCUT2D eigenvalue weighted by molar-refractivity contribution is 5.68. The number of fused-ring (bicyclic) bond motifs is 1. The van der Waals surface area contributed by atoms with Crippen molar-refractivity contribution in [2.24, 2.45) is 0 Å². The Kier molecular flexibility index (Phi) is 8.57. The molecule has 0 N–H and O–H groups in total. The summed E-state index contributed by atoms with van der Waals surface area (Å²) in [6.45, 7) is 12.8. The van der Waals surface area contributed by atoms with E-state index in [2.05, 4.69) is 52.1 Å². The molecule has 1 aromatic carbocycles. The lowest BCUT2D eigenvalue weighted by atomic mass is 10.1. The molecule has 2 fully saturated rings. The number of hydrogen-bond donors (Lipinski definition) is 0. The smallest absolute Gasteiger partial charge is 0.410 e. The zero-order valence-electron chi connectivity index (χ0n) is 24.1. The Balaban J connectivity index is 1.35. The van der Waals surface area contributed by atoms with Crippen molar-refractivity contribution >= 4 is 11.9 Å². The number of likely N-dealkylation sites (tertiary alicyclic amines) is 1. The van der Waals surface area contributed by atoms with Crippen molar-refractivity contribution in [2.45, 2.75) is 71.2 Å². The van der Waals surface area contributed by atoms with E-state index in [4.69, 9.17) is 19.4 Å². The fourth-order valence-electron chi connectivity index (χ4n) is 5.74. The van der Waals surface area contributed by atoms with Gasteiger partial charge in [-0.05, 0) is 72.2 Å². The second-order valence-electron chi connectivity index (χ2n) is 12.1. The second kappa shape index (κ2) is 12.1. The molecule has 3 aliphatic rings. The molecule has 0 unspecified atom stereocenters. The number of hydrogen-bond acceptors (Lipinski definition) is 8. The van der Waals surface area contributed by atoms with E-state index in [9.17, 15) is 4.79 Å². The quantitative estimate of drug-likeness (QED) is 0.550. The van der Waals surface area contributed by atoms with Crippen molar-refractivity contribution in [1.29, 1.82) is 0 Å². The molecule has 0 saturated carbocycles. The third kappa shape index (κ3) is 7.19. The van der Waals surface area contributed by atoms with Gasteiger partial charge in [0.05, 0.1) is 5.69 Å². The van der Waals surface area contributed by atoms with Crippen LogP contribution in [0.4, 0.5) is 10.6 Å². The summed E-state index contributed by atoms with van der Waals surface area (Å²) < 4.78 is 11.9.